The molecule has 0 bridgehead atoms. The van der Waals surface area contributed by atoms with Crippen molar-refractivity contribution in [2.75, 3.05) is 6.61 Å². The third kappa shape index (κ3) is 2.56. The number of nitro benzene ring substituents is 1. The minimum absolute atomic E-state index is 0.145. The van der Waals surface area contributed by atoms with Crippen molar-refractivity contribution in [3.63, 3.8) is 0 Å². The average molecular weight is 273 g/mol. The fourth-order valence-corrected chi connectivity index (χ4v) is 1.67. The number of oxime groups is 1. The number of fused-ring (bicyclic) bond motifs is 1. The Bertz CT molecular complexity index is 697. The molecule has 0 radical (unpaired) electrons. The fourth-order valence-electron chi connectivity index (χ4n) is 1.67. The van der Waals surface area contributed by atoms with Crippen LogP contribution in [0.25, 0.3) is 10.9 Å². The van der Waals surface area contributed by atoms with Gasteiger partial charge in [-0.25, -0.2) is 0 Å². The van der Waals surface area contributed by atoms with Crippen LogP contribution in [0.15, 0.2) is 42.2 Å². The number of nitrogens with zero attached hydrogens (tertiary/aromatic N) is 3. The Hall–Kier alpha value is -2.96. The summed E-state index contributed by atoms with van der Waals surface area (Å²) in [7, 11) is 0. The molecule has 0 unspecified atom stereocenters. The van der Waals surface area contributed by atoms with Crippen LogP contribution < -0.4 is 0 Å². The van der Waals surface area contributed by atoms with Gasteiger partial charge in [0, 0.05) is 17.8 Å². The van der Waals surface area contributed by atoms with Crippen molar-refractivity contribution in [1.82, 2.24) is 4.98 Å². The molecule has 0 saturated carbocycles. The van der Waals surface area contributed by atoms with E-state index in [-0.39, 0.29) is 34.5 Å². The summed E-state index contributed by atoms with van der Waals surface area (Å²) < 4.78 is 0. The van der Waals surface area contributed by atoms with Crippen molar-refractivity contribution in [2.24, 2.45) is 5.16 Å². The molecule has 1 N–H and O–H groups in total. The van der Waals surface area contributed by atoms with Crippen LogP contribution >= 0.6 is 0 Å². The molecule has 1 aromatic heterocycles. The predicted octanol–water partition coefficient (Wildman–Crippen LogP) is 2.39. The van der Waals surface area contributed by atoms with Gasteiger partial charge in [0.05, 0.1) is 16.5 Å². The molecule has 0 fully saturated rings. The number of non-ortho nitro benzene ring substituents is 1. The molecule has 1 aromatic carbocycles. The monoisotopic (exact) mass is 273 g/mol. The van der Waals surface area contributed by atoms with E-state index < -0.39 is 4.92 Å². The minimum Gasteiger partial charge on any atom is -0.505 e. The number of rotatable bonds is 5. The topological polar surface area (TPSA) is 97.9 Å². The number of nitro groups is 1. The second-order valence-corrected chi connectivity index (χ2v) is 3.81. The van der Waals surface area contributed by atoms with E-state index >= 15 is 0 Å². The highest BCUT2D eigenvalue weighted by Crippen LogP contribution is 2.33. The van der Waals surface area contributed by atoms with Gasteiger partial charge in [0.25, 0.3) is 5.69 Å². The van der Waals surface area contributed by atoms with Gasteiger partial charge in [-0.3, -0.25) is 15.1 Å². The van der Waals surface area contributed by atoms with Crippen LogP contribution in [-0.4, -0.2) is 27.8 Å². The van der Waals surface area contributed by atoms with E-state index in [0.29, 0.717) is 0 Å². The zero-order valence-corrected chi connectivity index (χ0v) is 10.4. The summed E-state index contributed by atoms with van der Waals surface area (Å²) in [5.74, 6) is -0.183. The molecule has 0 spiro atoms. The van der Waals surface area contributed by atoms with Gasteiger partial charge in [-0.1, -0.05) is 17.8 Å². The maximum atomic E-state index is 11.1. The van der Waals surface area contributed by atoms with Gasteiger partial charge in [-0.2, -0.15) is 0 Å². The highest BCUT2D eigenvalue weighted by atomic mass is 16.6. The summed E-state index contributed by atoms with van der Waals surface area (Å²) in [5.41, 5.74) is 0.148. The molecular weight excluding hydrogens is 262 g/mol. The summed E-state index contributed by atoms with van der Waals surface area (Å²) in [6, 6.07) is 4.31. The van der Waals surface area contributed by atoms with Crippen LogP contribution in [0.4, 0.5) is 5.69 Å². The lowest BCUT2D eigenvalue weighted by Gasteiger charge is -2.04. The van der Waals surface area contributed by atoms with E-state index in [9.17, 15) is 15.2 Å². The first-order valence-corrected chi connectivity index (χ1v) is 5.66. The lowest BCUT2D eigenvalue weighted by atomic mass is 10.1. The zero-order chi connectivity index (χ0) is 14.5. The highest BCUT2D eigenvalue weighted by molar-refractivity contribution is 5.99. The van der Waals surface area contributed by atoms with E-state index in [1.54, 1.807) is 6.07 Å². The van der Waals surface area contributed by atoms with Crippen molar-refractivity contribution < 1.29 is 14.9 Å². The molecule has 7 heteroatoms. The number of aromatic hydroxyl groups is 1. The minimum atomic E-state index is -0.536. The molecule has 0 aliphatic rings. The van der Waals surface area contributed by atoms with Crippen LogP contribution in [0, 0.1) is 10.1 Å². The maximum absolute atomic E-state index is 11.1. The van der Waals surface area contributed by atoms with Gasteiger partial charge in [0.1, 0.15) is 12.1 Å². The predicted molar refractivity (Wildman–Crippen MR) is 73.8 cm³/mol. The van der Waals surface area contributed by atoms with Crippen LogP contribution in [0.3, 0.4) is 0 Å². The molecule has 1 heterocycles. The Morgan fingerprint density at radius 1 is 1.60 bits per heavy atom. The van der Waals surface area contributed by atoms with E-state index in [1.807, 2.05) is 0 Å². The highest BCUT2D eigenvalue weighted by Gasteiger charge is 2.18. The van der Waals surface area contributed by atoms with Crippen molar-refractivity contribution in [2.45, 2.75) is 0 Å². The van der Waals surface area contributed by atoms with Crippen LogP contribution in [0.5, 0.6) is 5.75 Å². The maximum Gasteiger partial charge on any atom is 0.279 e. The van der Waals surface area contributed by atoms with Gasteiger partial charge < -0.3 is 9.94 Å². The van der Waals surface area contributed by atoms with Crippen molar-refractivity contribution in [1.29, 1.82) is 0 Å². The molecule has 0 atom stereocenters. The largest absolute Gasteiger partial charge is 0.505 e. The second-order valence-electron chi connectivity index (χ2n) is 3.81. The third-order valence-corrected chi connectivity index (χ3v) is 2.53. The number of phenolic OH excluding ortho intramolecular Hbond substituents is 1. The Balaban J connectivity index is 2.55. The van der Waals surface area contributed by atoms with Crippen LogP contribution in [0.1, 0.15) is 5.56 Å². The number of pyridine rings is 1. The first-order valence-electron chi connectivity index (χ1n) is 5.66. The van der Waals surface area contributed by atoms with Gasteiger partial charge in [-0.05, 0) is 12.1 Å². The van der Waals surface area contributed by atoms with Crippen molar-refractivity contribution in [3.05, 3.63) is 52.7 Å². The first kappa shape index (κ1) is 13.5. The van der Waals surface area contributed by atoms with Gasteiger partial charge in [0.15, 0.2) is 5.75 Å². The van der Waals surface area contributed by atoms with E-state index in [1.165, 1.54) is 30.6 Å². The van der Waals surface area contributed by atoms with Gasteiger partial charge >= 0.3 is 0 Å². The Labute approximate surface area is 114 Å². The summed E-state index contributed by atoms with van der Waals surface area (Å²) in [6.07, 6.45) is 4.14. The average Bonchev–Trinajstić information content (AvgIpc) is 2.45. The molecule has 2 rings (SSSR count). The number of hydrogen-bond acceptors (Lipinski definition) is 6. The summed E-state index contributed by atoms with van der Waals surface area (Å²) >= 11 is 0. The number of hydrogen-bond donors (Lipinski definition) is 1. The first-order chi connectivity index (χ1) is 9.65. The number of aromatic nitrogens is 1. The third-order valence-electron chi connectivity index (χ3n) is 2.53. The second kappa shape index (κ2) is 5.79. The molecule has 0 aliphatic heterocycles. The van der Waals surface area contributed by atoms with Crippen LogP contribution in [-0.2, 0) is 4.84 Å². The fraction of sp³-hybridized carbons (Fsp3) is 0.0769. The SMILES string of the molecule is C=CCO/N=C/c1cc([N+](=O)[O-])c2cccnc2c1O. The zero-order valence-electron chi connectivity index (χ0n) is 10.4. The molecule has 20 heavy (non-hydrogen) atoms. The van der Waals surface area contributed by atoms with Crippen LogP contribution in [0.2, 0.25) is 0 Å². The van der Waals surface area contributed by atoms with E-state index in [4.69, 9.17) is 4.84 Å². The van der Waals surface area contributed by atoms with Crippen molar-refractivity contribution in [3.8, 4) is 5.75 Å². The summed E-state index contributed by atoms with van der Waals surface area (Å²) in [4.78, 5) is 19.3. The van der Waals surface area contributed by atoms with E-state index in [0.717, 1.165) is 0 Å². The lowest BCUT2D eigenvalue weighted by Crippen LogP contribution is -1.95. The summed E-state index contributed by atoms with van der Waals surface area (Å²) in [5, 5.41) is 25.0. The quantitative estimate of drug-likeness (QED) is 0.296. The Kier molecular flexibility index (Phi) is 3.90. The number of benzene rings is 1. The summed E-state index contributed by atoms with van der Waals surface area (Å²) in [6.45, 7) is 3.65. The molecule has 0 aliphatic carbocycles. The number of phenols is 1. The molecule has 102 valence electrons. The smallest absolute Gasteiger partial charge is 0.279 e. The van der Waals surface area contributed by atoms with Crippen molar-refractivity contribution >= 4 is 22.8 Å². The normalized spacial score (nSPS) is 10.8. The lowest BCUT2D eigenvalue weighted by molar-refractivity contribution is -0.383. The van der Waals surface area contributed by atoms with E-state index in [2.05, 4.69) is 16.7 Å². The van der Waals surface area contributed by atoms with Gasteiger partial charge in [0.2, 0.25) is 0 Å². The van der Waals surface area contributed by atoms with Gasteiger partial charge in [-0.15, -0.1) is 0 Å². The standard InChI is InChI=1S/C13H11N3O4/c1-2-6-20-15-8-9-7-11(16(18)19)10-4-3-5-14-12(10)13(9)17/h2-5,7-8,17H,1,6H2/b15-8+. The molecule has 0 saturated heterocycles. The molecular formula is C13H11N3O4. The Morgan fingerprint density at radius 2 is 2.40 bits per heavy atom. The molecule has 2 aromatic rings. The molecule has 0 amide bonds. The Morgan fingerprint density at radius 3 is 3.10 bits per heavy atom. The molecule has 7 nitrogen and oxygen atoms in total.